The van der Waals surface area contributed by atoms with Gasteiger partial charge in [0.05, 0.1) is 0 Å². The van der Waals surface area contributed by atoms with Crippen LogP contribution in [0, 0.1) is 0 Å². The molecule has 2 atom stereocenters. The fourth-order valence-electron chi connectivity index (χ4n) is 1.14. The van der Waals surface area contributed by atoms with Crippen molar-refractivity contribution in [3.8, 4) is 0 Å². The molecule has 4 heteroatoms. The third-order valence-electron chi connectivity index (χ3n) is 2.55. The van der Waals surface area contributed by atoms with E-state index in [1.165, 1.54) is 0 Å². The van der Waals surface area contributed by atoms with Crippen molar-refractivity contribution < 1.29 is 8.98 Å². The molecule has 0 aliphatic carbocycles. The summed E-state index contributed by atoms with van der Waals surface area (Å²) in [7, 11) is 0. The Hall–Kier alpha value is -0.870. The molecule has 1 heterocycles. The maximum Gasteiger partial charge on any atom is 0.168 e. The Kier molecular flexibility index (Phi) is 4.71. The fraction of sp³-hybridized carbons (Fsp3) is 0.538. The normalized spacial score (nSPS) is 15.4. The summed E-state index contributed by atoms with van der Waals surface area (Å²) in [4.78, 5) is 14.5. The lowest BCUT2D eigenvalue weighted by Gasteiger charge is -2.19. The van der Waals surface area contributed by atoms with Crippen LogP contribution in [-0.4, -0.2) is 22.3 Å². The van der Waals surface area contributed by atoms with Crippen molar-refractivity contribution >= 4 is 17.5 Å². The van der Waals surface area contributed by atoms with E-state index in [1.807, 2.05) is 13.0 Å². The van der Waals surface area contributed by atoms with Gasteiger partial charge in [-0.2, -0.15) is 4.18 Å². The smallest absolute Gasteiger partial charge is 0.168 e. The molecule has 17 heavy (non-hydrogen) atoms. The van der Waals surface area contributed by atoms with Crippen molar-refractivity contribution in [3.63, 3.8) is 0 Å². The summed E-state index contributed by atoms with van der Waals surface area (Å²) in [5, 5.41) is 0. The molecule has 0 aromatic carbocycles. The Labute approximate surface area is 106 Å². The molecule has 3 nitrogen and oxygen atoms in total. The fourth-order valence-corrected chi connectivity index (χ4v) is 1.98. The second kappa shape index (κ2) is 5.65. The van der Waals surface area contributed by atoms with Gasteiger partial charge in [0.25, 0.3) is 0 Å². The van der Waals surface area contributed by atoms with Crippen LogP contribution in [0.15, 0.2) is 18.3 Å². The Balaban J connectivity index is 2.69. The van der Waals surface area contributed by atoms with Crippen molar-refractivity contribution in [3.05, 3.63) is 29.6 Å². The maximum absolute atomic E-state index is 10.5. The highest BCUT2D eigenvalue weighted by molar-refractivity contribution is 7.93. The molecule has 0 amide bonds. The van der Waals surface area contributed by atoms with Gasteiger partial charge in [0, 0.05) is 11.8 Å². The van der Waals surface area contributed by atoms with Crippen molar-refractivity contribution in [2.24, 2.45) is 0 Å². The first-order valence-electron chi connectivity index (χ1n) is 5.59. The van der Waals surface area contributed by atoms with E-state index in [9.17, 15) is 4.79 Å². The molecule has 1 aromatic heterocycles. The molecule has 0 aliphatic rings. The quantitative estimate of drug-likeness (QED) is 0.612. The van der Waals surface area contributed by atoms with Gasteiger partial charge in [-0.25, -0.2) is 0 Å². The number of hydrogen-bond donors (Lipinski definition) is 0. The van der Waals surface area contributed by atoms with Crippen molar-refractivity contribution in [1.29, 1.82) is 0 Å². The Morgan fingerprint density at radius 3 is 2.47 bits per heavy atom. The summed E-state index contributed by atoms with van der Waals surface area (Å²) in [6.07, 6.45) is 4.54. The van der Waals surface area contributed by atoms with E-state index in [1.54, 1.807) is 12.3 Å². The molecule has 0 N–H and O–H groups in total. The molecule has 0 saturated carbocycles. The Morgan fingerprint density at radius 1 is 1.41 bits per heavy atom. The van der Waals surface area contributed by atoms with Gasteiger partial charge >= 0.3 is 0 Å². The van der Waals surface area contributed by atoms with Crippen LogP contribution in [0.1, 0.15) is 49.9 Å². The molecule has 0 fully saturated rings. The molecule has 0 aliphatic heterocycles. The number of carbonyl (C=O) groups excluding carboxylic acids is 1. The second-order valence-electron chi connectivity index (χ2n) is 4.94. The number of rotatable bonds is 4. The van der Waals surface area contributed by atoms with E-state index in [2.05, 4.69) is 32.0 Å². The SMILES string of the molecule is CC(O[S+](C)C(C)(C)C)c1ccc(C=O)nc1. The molecule has 0 bridgehead atoms. The van der Waals surface area contributed by atoms with Crippen LogP contribution in [0.3, 0.4) is 0 Å². The van der Waals surface area contributed by atoms with Crippen LogP contribution >= 0.6 is 0 Å². The lowest BCUT2D eigenvalue weighted by Crippen LogP contribution is -2.29. The molecular weight excluding hydrogens is 234 g/mol. The van der Waals surface area contributed by atoms with E-state index >= 15 is 0 Å². The third kappa shape index (κ3) is 4.13. The minimum atomic E-state index is -0.122. The Morgan fingerprint density at radius 2 is 2.06 bits per heavy atom. The van der Waals surface area contributed by atoms with Crippen LogP contribution in [0.2, 0.25) is 0 Å². The first kappa shape index (κ1) is 14.2. The maximum atomic E-state index is 10.5. The summed E-state index contributed by atoms with van der Waals surface area (Å²) in [5.74, 6) is 0. The molecule has 0 spiro atoms. The van der Waals surface area contributed by atoms with Crippen LogP contribution in [0.5, 0.6) is 0 Å². The number of pyridine rings is 1. The molecule has 1 aromatic rings. The lowest BCUT2D eigenvalue weighted by atomic mass is 10.2. The first-order chi connectivity index (χ1) is 7.84. The second-order valence-corrected chi connectivity index (χ2v) is 7.26. The van der Waals surface area contributed by atoms with E-state index in [0.717, 1.165) is 11.8 Å². The van der Waals surface area contributed by atoms with Gasteiger partial charge in [-0.3, -0.25) is 9.78 Å². The molecule has 1 rings (SSSR count). The van der Waals surface area contributed by atoms with Crippen molar-refractivity contribution in [1.82, 2.24) is 4.98 Å². The number of aromatic nitrogens is 1. The highest BCUT2D eigenvalue weighted by atomic mass is 32.2. The third-order valence-corrected chi connectivity index (χ3v) is 4.85. The molecule has 0 saturated heterocycles. The summed E-state index contributed by atoms with van der Waals surface area (Å²) in [6, 6.07) is 3.61. The van der Waals surface area contributed by atoms with Gasteiger partial charge < -0.3 is 0 Å². The van der Waals surface area contributed by atoms with E-state index in [4.69, 9.17) is 4.18 Å². The van der Waals surface area contributed by atoms with Gasteiger partial charge in [-0.1, -0.05) is 6.07 Å². The zero-order valence-corrected chi connectivity index (χ0v) is 11.9. The van der Waals surface area contributed by atoms with Crippen LogP contribution in [0.25, 0.3) is 0 Å². The van der Waals surface area contributed by atoms with Gasteiger partial charge in [0.2, 0.25) is 0 Å². The highest BCUT2D eigenvalue weighted by Gasteiger charge is 2.34. The number of aldehydes is 1. The van der Waals surface area contributed by atoms with E-state index in [-0.39, 0.29) is 22.0 Å². The summed E-state index contributed by atoms with van der Waals surface area (Å²) < 4.78 is 6.12. The molecule has 94 valence electrons. The van der Waals surface area contributed by atoms with Crippen LogP contribution in [0.4, 0.5) is 0 Å². The zero-order chi connectivity index (χ0) is 13.1. The summed E-state index contributed by atoms with van der Waals surface area (Å²) >= 11 is -0.122. The van der Waals surface area contributed by atoms with E-state index in [0.29, 0.717) is 5.69 Å². The van der Waals surface area contributed by atoms with Crippen molar-refractivity contribution in [2.45, 2.75) is 38.5 Å². The van der Waals surface area contributed by atoms with Crippen molar-refractivity contribution in [2.75, 3.05) is 6.26 Å². The predicted molar refractivity (Wildman–Crippen MR) is 72.2 cm³/mol. The number of nitrogens with zero attached hydrogens (tertiary/aromatic N) is 1. The monoisotopic (exact) mass is 254 g/mol. The predicted octanol–water partition coefficient (Wildman–Crippen LogP) is 2.93. The van der Waals surface area contributed by atoms with Crippen LogP contribution < -0.4 is 0 Å². The zero-order valence-electron chi connectivity index (χ0n) is 11.1. The molecule has 2 unspecified atom stereocenters. The van der Waals surface area contributed by atoms with Gasteiger partial charge in [0.15, 0.2) is 11.0 Å². The largest absolute Gasteiger partial charge is 0.296 e. The highest BCUT2D eigenvalue weighted by Crippen LogP contribution is 2.25. The standard InChI is InChI=1S/C13H20NO2S/c1-10(16-17(5)13(2,3)4)11-6-7-12(9-15)14-8-11/h6-10H,1-5H3/q+1. The van der Waals surface area contributed by atoms with E-state index < -0.39 is 0 Å². The first-order valence-corrected chi connectivity index (χ1v) is 7.14. The molecular formula is C13H20NO2S+. The Bertz CT molecular complexity index is 370. The summed E-state index contributed by atoms with van der Waals surface area (Å²) in [5.41, 5.74) is 1.45. The lowest BCUT2D eigenvalue weighted by molar-refractivity contribution is 0.111. The van der Waals surface area contributed by atoms with Gasteiger partial charge in [-0.05, 0) is 33.8 Å². The summed E-state index contributed by atoms with van der Waals surface area (Å²) in [6.45, 7) is 8.50. The van der Waals surface area contributed by atoms with Crippen LogP contribution in [-0.2, 0) is 15.4 Å². The number of hydrogen-bond acceptors (Lipinski definition) is 3. The number of carbonyl (C=O) groups is 1. The van der Waals surface area contributed by atoms with Gasteiger partial charge in [-0.15, -0.1) is 0 Å². The van der Waals surface area contributed by atoms with Gasteiger partial charge in [0.1, 0.15) is 29.2 Å². The molecule has 0 radical (unpaired) electrons. The minimum Gasteiger partial charge on any atom is -0.296 e. The average Bonchev–Trinajstić information content (AvgIpc) is 2.27. The average molecular weight is 254 g/mol. The minimum absolute atomic E-state index is 0.00393. The topological polar surface area (TPSA) is 39.2 Å².